The minimum absolute atomic E-state index is 0.0987. The Kier molecular flexibility index (Phi) is 6.19. The Hall–Kier alpha value is -3.46. The van der Waals surface area contributed by atoms with Gasteiger partial charge >= 0.3 is 0 Å². The van der Waals surface area contributed by atoms with E-state index in [1.54, 1.807) is 23.8 Å². The van der Waals surface area contributed by atoms with Gasteiger partial charge in [0.1, 0.15) is 17.2 Å². The van der Waals surface area contributed by atoms with E-state index in [-0.39, 0.29) is 36.1 Å². The van der Waals surface area contributed by atoms with Gasteiger partial charge in [-0.2, -0.15) is 0 Å². The first-order chi connectivity index (χ1) is 16.6. The molecular formula is C25H26N4O4S. The van der Waals surface area contributed by atoms with Gasteiger partial charge in [0.25, 0.3) is 5.91 Å². The van der Waals surface area contributed by atoms with E-state index in [0.29, 0.717) is 24.3 Å². The van der Waals surface area contributed by atoms with Gasteiger partial charge in [-0.15, -0.1) is 11.8 Å². The van der Waals surface area contributed by atoms with Crippen LogP contribution in [-0.4, -0.2) is 59.6 Å². The number of carbonyl (C=O) groups is 3. The molecule has 2 aliphatic heterocycles. The average Bonchev–Trinajstić information content (AvgIpc) is 3.54. The van der Waals surface area contributed by atoms with Crippen molar-refractivity contribution < 1.29 is 19.1 Å². The first-order valence-electron chi connectivity index (χ1n) is 11.3. The number of aromatic amines is 1. The molecule has 0 radical (unpaired) electrons. The standard InChI is InChI=1S/C25H26N4O4S/c1-33-16-6-7-20-19(12-16)15(13-28-20)8-10-26-22(30)9-11-27-23(31)21-14-34-25-18-5-3-2-4-17(18)24(32)29(21)25/h2-7,12-13,21,25,28H,8-11,14H2,1H3,(H,26,30)(H,27,31)/t21-,25+/m1/s1. The fourth-order valence-electron chi connectivity index (χ4n) is 4.58. The van der Waals surface area contributed by atoms with E-state index in [2.05, 4.69) is 15.6 Å². The van der Waals surface area contributed by atoms with Crippen LogP contribution in [0.2, 0.25) is 0 Å². The summed E-state index contributed by atoms with van der Waals surface area (Å²) in [5.74, 6) is 0.911. The van der Waals surface area contributed by atoms with Crippen molar-refractivity contribution in [3.63, 3.8) is 0 Å². The summed E-state index contributed by atoms with van der Waals surface area (Å²) in [4.78, 5) is 42.7. The third-order valence-corrected chi connectivity index (χ3v) is 7.64. The molecule has 1 aromatic heterocycles. The zero-order valence-electron chi connectivity index (χ0n) is 18.8. The number of thioether (sulfide) groups is 1. The Morgan fingerprint density at radius 1 is 1.18 bits per heavy atom. The van der Waals surface area contributed by atoms with Gasteiger partial charge in [-0.05, 0) is 41.8 Å². The number of carbonyl (C=O) groups excluding carboxylic acids is 3. The van der Waals surface area contributed by atoms with Crippen molar-refractivity contribution in [3.05, 3.63) is 65.4 Å². The van der Waals surface area contributed by atoms with E-state index in [4.69, 9.17) is 4.74 Å². The minimum atomic E-state index is -0.517. The molecule has 3 heterocycles. The van der Waals surface area contributed by atoms with Crippen LogP contribution in [-0.2, 0) is 16.0 Å². The average molecular weight is 479 g/mol. The molecule has 3 N–H and O–H groups in total. The molecule has 0 spiro atoms. The second kappa shape index (κ2) is 9.42. The third kappa shape index (κ3) is 4.11. The molecule has 0 aliphatic carbocycles. The Morgan fingerprint density at radius 2 is 2.03 bits per heavy atom. The van der Waals surface area contributed by atoms with Crippen molar-refractivity contribution in [3.8, 4) is 5.75 Å². The molecular weight excluding hydrogens is 452 g/mol. The maximum absolute atomic E-state index is 12.8. The fourth-order valence-corrected chi connectivity index (χ4v) is 6.04. The molecule has 3 aromatic rings. The summed E-state index contributed by atoms with van der Waals surface area (Å²) in [5.41, 5.74) is 3.77. The molecule has 2 aliphatic rings. The first kappa shape index (κ1) is 22.3. The van der Waals surface area contributed by atoms with Crippen LogP contribution < -0.4 is 15.4 Å². The number of amides is 3. The zero-order valence-corrected chi connectivity index (χ0v) is 19.6. The lowest BCUT2D eigenvalue weighted by atomic mass is 10.1. The van der Waals surface area contributed by atoms with Gasteiger partial charge < -0.3 is 25.3 Å². The molecule has 3 amide bonds. The van der Waals surface area contributed by atoms with Crippen LogP contribution >= 0.6 is 11.8 Å². The number of aromatic nitrogens is 1. The van der Waals surface area contributed by atoms with Gasteiger partial charge in [0, 0.05) is 47.9 Å². The lowest BCUT2D eigenvalue weighted by Gasteiger charge is -2.22. The Morgan fingerprint density at radius 3 is 2.88 bits per heavy atom. The van der Waals surface area contributed by atoms with Gasteiger partial charge in [-0.1, -0.05) is 18.2 Å². The number of hydrogen-bond acceptors (Lipinski definition) is 5. The van der Waals surface area contributed by atoms with Crippen LogP contribution in [0.25, 0.3) is 10.9 Å². The molecule has 1 saturated heterocycles. The molecule has 176 valence electrons. The van der Waals surface area contributed by atoms with Gasteiger partial charge in [0.15, 0.2) is 0 Å². The molecule has 0 saturated carbocycles. The molecule has 0 unspecified atom stereocenters. The molecule has 2 aromatic carbocycles. The summed E-state index contributed by atoms with van der Waals surface area (Å²) >= 11 is 1.60. The third-order valence-electron chi connectivity index (χ3n) is 6.34. The quantitative estimate of drug-likeness (QED) is 0.462. The molecule has 1 fully saturated rings. The summed E-state index contributed by atoms with van der Waals surface area (Å²) in [7, 11) is 1.64. The molecule has 0 bridgehead atoms. The van der Waals surface area contributed by atoms with E-state index < -0.39 is 6.04 Å². The highest BCUT2D eigenvalue weighted by atomic mass is 32.2. The predicted octanol–water partition coefficient (Wildman–Crippen LogP) is 2.61. The number of benzene rings is 2. The van der Waals surface area contributed by atoms with Crippen LogP contribution in [0.1, 0.15) is 33.3 Å². The lowest BCUT2D eigenvalue weighted by molar-refractivity contribution is -0.125. The number of ether oxygens (including phenoxy) is 1. The smallest absolute Gasteiger partial charge is 0.256 e. The lowest BCUT2D eigenvalue weighted by Crippen LogP contribution is -2.46. The van der Waals surface area contributed by atoms with Crippen molar-refractivity contribution in [1.29, 1.82) is 0 Å². The van der Waals surface area contributed by atoms with E-state index >= 15 is 0 Å². The monoisotopic (exact) mass is 478 g/mol. The number of nitrogens with zero attached hydrogens (tertiary/aromatic N) is 1. The van der Waals surface area contributed by atoms with E-state index in [1.807, 2.05) is 48.7 Å². The fraction of sp³-hybridized carbons (Fsp3) is 0.320. The van der Waals surface area contributed by atoms with E-state index in [9.17, 15) is 14.4 Å². The highest BCUT2D eigenvalue weighted by Crippen LogP contribution is 2.48. The highest BCUT2D eigenvalue weighted by Gasteiger charge is 2.48. The number of hydrogen-bond donors (Lipinski definition) is 3. The summed E-state index contributed by atoms with van der Waals surface area (Å²) in [6.07, 6.45) is 2.82. The van der Waals surface area contributed by atoms with Crippen LogP contribution in [0.5, 0.6) is 5.75 Å². The van der Waals surface area contributed by atoms with Crippen molar-refractivity contribution in [1.82, 2.24) is 20.5 Å². The maximum atomic E-state index is 12.8. The largest absolute Gasteiger partial charge is 0.497 e. The number of nitrogens with one attached hydrogen (secondary N) is 3. The normalized spacial score (nSPS) is 18.6. The molecule has 34 heavy (non-hydrogen) atoms. The van der Waals surface area contributed by atoms with Gasteiger partial charge in [0.05, 0.1) is 7.11 Å². The molecule has 8 nitrogen and oxygen atoms in total. The van der Waals surface area contributed by atoms with Gasteiger partial charge in [-0.3, -0.25) is 14.4 Å². The van der Waals surface area contributed by atoms with Gasteiger partial charge in [-0.25, -0.2) is 0 Å². The number of fused-ring (bicyclic) bond motifs is 4. The maximum Gasteiger partial charge on any atom is 0.256 e. The highest BCUT2D eigenvalue weighted by molar-refractivity contribution is 7.99. The van der Waals surface area contributed by atoms with E-state index in [1.165, 1.54) is 0 Å². The number of methoxy groups -OCH3 is 1. The van der Waals surface area contributed by atoms with Crippen LogP contribution in [0.3, 0.4) is 0 Å². The van der Waals surface area contributed by atoms with Crippen molar-refractivity contribution in [2.24, 2.45) is 0 Å². The van der Waals surface area contributed by atoms with Crippen LogP contribution in [0.15, 0.2) is 48.7 Å². The molecule has 5 rings (SSSR count). The topological polar surface area (TPSA) is 104 Å². The second-order valence-corrected chi connectivity index (χ2v) is 9.48. The van der Waals surface area contributed by atoms with E-state index in [0.717, 1.165) is 27.8 Å². The summed E-state index contributed by atoms with van der Waals surface area (Å²) in [6.45, 7) is 0.730. The first-order valence-corrected chi connectivity index (χ1v) is 12.3. The SMILES string of the molecule is COc1ccc2[nH]cc(CCNC(=O)CCNC(=O)[C@H]3CS[C@H]4c5ccccc5C(=O)N34)c2c1. The van der Waals surface area contributed by atoms with Crippen molar-refractivity contribution >= 4 is 40.4 Å². The summed E-state index contributed by atoms with van der Waals surface area (Å²) in [6, 6.07) is 12.8. The Bertz CT molecular complexity index is 1260. The summed E-state index contributed by atoms with van der Waals surface area (Å²) in [5, 5.41) is 6.71. The molecule has 9 heteroatoms. The second-order valence-electron chi connectivity index (χ2n) is 8.37. The zero-order chi connectivity index (χ0) is 23.7. The molecule has 2 atom stereocenters. The minimum Gasteiger partial charge on any atom is -0.497 e. The van der Waals surface area contributed by atoms with Crippen molar-refractivity contribution in [2.75, 3.05) is 26.0 Å². The number of H-pyrrole nitrogens is 1. The van der Waals surface area contributed by atoms with Crippen molar-refractivity contribution in [2.45, 2.75) is 24.3 Å². The van der Waals surface area contributed by atoms with Gasteiger partial charge in [0.2, 0.25) is 11.8 Å². The van der Waals surface area contributed by atoms with Crippen LogP contribution in [0.4, 0.5) is 0 Å². The number of rotatable bonds is 8. The Balaban J connectivity index is 1.07. The Labute approximate surface area is 201 Å². The van der Waals surface area contributed by atoms with Crippen LogP contribution in [0, 0.1) is 0 Å². The predicted molar refractivity (Wildman–Crippen MR) is 131 cm³/mol. The summed E-state index contributed by atoms with van der Waals surface area (Å²) < 4.78 is 5.29.